The second-order valence-electron chi connectivity index (χ2n) is 7.39. The molecular formula is C25H21N3O2. The van der Waals surface area contributed by atoms with Crippen molar-refractivity contribution >= 4 is 16.7 Å². The number of aromatic nitrogens is 1. The molecule has 4 aromatic rings. The quantitative estimate of drug-likeness (QED) is 0.492. The highest BCUT2D eigenvalue weighted by Crippen LogP contribution is 2.31. The van der Waals surface area contributed by atoms with Gasteiger partial charge in [-0.1, -0.05) is 36.4 Å². The number of benzene rings is 2. The van der Waals surface area contributed by atoms with Gasteiger partial charge in [-0.15, -0.1) is 0 Å². The lowest BCUT2D eigenvalue weighted by Crippen LogP contribution is -2.12. The molecule has 0 saturated carbocycles. The Hall–Kier alpha value is -3.91. The van der Waals surface area contributed by atoms with Gasteiger partial charge in [0.2, 0.25) is 0 Å². The standard InChI is InChI=1S/C25H21N3O2/c1-15-11-21(17(3)28-20-10-9-19(13-26)27-14-20)25-22(12-15)23(29)16(2)24(30-25)18-7-5-4-6-8-18/h4-12,14,17,28H,1-3H3. The van der Waals surface area contributed by atoms with E-state index in [-0.39, 0.29) is 11.5 Å². The first-order valence-corrected chi connectivity index (χ1v) is 9.74. The van der Waals surface area contributed by atoms with E-state index in [1.165, 1.54) is 0 Å². The van der Waals surface area contributed by atoms with Crippen molar-refractivity contribution in [3.8, 4) is 17.4 Å². The Kier molecular flexibility index (Phi) is 5.07. The first-order chi connectivity index (χ1) is 14.5. The maximum absolute atomic E-state index is 13.2. The number of aryl methyl sites for hydroxylation is 1. The van der Waals surface area contributed by atoms with Crippen LogP contribution in [0.5, 0.6) is 0 Å². The molecule has 4 rings (SSSR count). The minimum Gasteiger partial charge on any atom is -0.455 e. The highest BCUT2D eigenvalue weighted by atomic mass is 16.3. The van der Waals surface area contributed by atoms with Gasteiger partial charge in [-0.25, -0.2) is 4.98 Å². The number of hydrogen-bond acceptors (Lipinski definition) is 5. The van der Waals surface area contributed by atoms with Gasteiger partial charge in [0.25, 0.3) is 0 Å². The van der Waals surface area contributed by atoms with Gasteiger partial charge in [0.15, 0.2) is 5.43 Å². The van der Waals surface area contributed by atoms with E-state index in [0.29, 0.717) is 28.0 Å². The SMILES string of the molecule is Cc1cc(C(C)Nc2ccc(C#N)nc2)c2oc(-c3ccccc3)c(C)c(=O)c2c1. The molecule has 2 heterocycles. The van der Waals surface area contributed by atoms with E-state index >= 15 is 0 Å². The molecule has 0 aliphatic heterocycles. The Morgan fingerprint density at radius 2 is 1.87 bits per heavy atom. The fourth-order valence-corrected chi connectivity index (χ4v) is 3.63. The number of nitriles is 1. The molecule has 0 fully saturated rings. The van der Waals surface area contributed by atoms with Crippen LogP contribution < -0.4 is 10.7 Å². The normalized spacial score (nSPS) is 11.8. The Labute approximate surface area is 174 Å². The van der Waals surface area contributed by atoms with Crippen LogP contribution in [0, 0.1) is 25.2 Å². The van der Waals surface area contributed by atoms with Gasteiger partial charge in [-0.2, -0.15) is 5.26 Å². The predicted molar refractivity (Wildman–Crippen MR) is 118 cm³/mol. The molecule has 1 unspecified atom stereocenters. The summed E-state index contributed by atoms with van der Waals surface area (Å²) in [5.41, 5.74) is 5.06. The minimum absolute atomic E-state index is 0.0210. The van der Waals surface area contributed by atoms with Crippen LogP contribution in [0.2, 0.25) is 0 Å². The van der Waals surface area contributed by atoms with Crippen LogP contribution in [0.3, 0.4) is 0 Å². The fourth-order valence-electron chi connectivity index (χ4n) is 3.63. The molecule has 1 atom stereocenters. The van der Waals surface area contributed by atoms with Gasteiger partial charge in [0, 0.05) is 16.7 Å². The van der Waals surface area contributed by atoms with Crippen LogP contribution in [0.1, 0.15) is 35.3 Å². The van der Waals surface area contributed by atoms with Crippen LogP contribution >= 0.6 is 0 Å². The second-order valence-corrected chi connectivity index (χ2v) is 7.39. The topological polar surface area (TPSA) is 78.9 Å². The van der Waals surface area contributed by atoms with Gasteiger partial charge in [-0.05, 0) is 44.5 Å². The molecule has 5 heteroatoms. The molecule has 0 aliphatic carbocycles. The average Bonchev–Trinajstić information content (AvgIpc) is 2.77. The van der Waals surface area contributed by atoms with Crippen molar-refractivity contribution in [3.63, 3.8) is 0 Å². The largest absolute Gasteiger partial charge is 0.455 e. The summed E-state index contributed by atoms with van der Waals surface area (Å²) in [5.74, 6) is 0.588. The molecule has 0 aliphatic rings. The lowest BCUT2D eigenvalue weighted by Gasteiger charge is -2.18. The highest BCUT2D eigenvalue weighted by Gasteiger charge is 2.19. The summed E-state index contributed by atoms with van der Waals surface area (Å²) in [5, 5.41) is 12.9. The molecule has 0 saturated heterocycles. The van der Waals surface area contributed by atoms with Crippen LogP contribution in [-0.2, 0) is 0 Å². The second kappa shape index (κ2) is 7.84. The van der Waals surface area contributed by atoms with E-state index in [9.17, 15) is 4.79 Å². The molecular weight excluding hydrogens is 374 g/mol. The Morgan fingerprint density at radius 3 is 2.53 bits per heavy atom. The maximum Gasteiger partial charge on any atom is 0.196 e. The summed E-state index contributed by atoms with van der Waals surface area (Å²) in [6.45, 7) is 5.78. The van der Waals surface area contributed by atoms with E-state index < -0.39 is 0 Å². The monoisotopic (exact) mass is 395 g/mol. The van der Waals surface area contributed by atoms with Crippen molar-refractivity contribution in [2.75, 3.05) is 5.32 Å². The third kappa shape index (κ3) is 3.56. The van der Waals surface area contributed by atoms with Crippen molar-refractivity contribution in [2.24, 2.45) is 0 Å². The van der Waals surface area contributed by atoms with Crippen LogP contribution in [0.15, 0.2) is 70.0 Å². The van der Waals surface area contributed by atoms with Crippen molar-refractivity contribution in [1.82, 2.24) is 4.98 Å². The van der Waals surface area contributed by atoms with E-state index in [2.05, 4.69) is 10.3 Å². The summed E-state index contributed by atoms with van der Waals surface area (Å²) in [4.78, 5) is 17.3. The first-order valence-electron chi connectivity index (χ1n) is 9.74. The summed E-state index contributed by atoms with van der Waals surface area (Å²) < 4.78 is 6.34. The van der Waals surface area contributed by atoms with Crippen molar-refractivity contribution in [2.45, 2.75) is 26.8 Å². The number of nitrogens with zero attached hydrogens (tertiary/aromatic N) is 2. The highest BCUT2D eigenvalue weighted by molar-refractivity contribution is 5.84. The molecule has 0 radical (unpaired) electrons. The van der Waals surface area contributed by atoms with Crippen molar-refractivity contribution < 1.29 is 4.42 Å². The molecule has 0 spiro atoms. The Balaban J connectivity index is 1.85. The summed E-state index contributed by atoms with van der Waals surface area (Å²) >= 11 is 0. The third-order valence-electron chi connectivity index (χ3n) is 5.16. The molecule has 2 aromatic carbocycles. The number of fused-ring (bicyclic) bond motifs is 1. The Morgan fingerprint density at radius 1 is 1.10 bits per heavy atom. The first kappa shape index (κ1) is 19.4. The smallest absolute Gasteiger partial charge is 0.196 e. The van der Waals surface area contributed by atoms with E-state index in [0.717, 1.165) is 22.4 Å². The van der Waals surface area contributed by atoms with Crippen LogP contribution in [-0.4, -0.2) is 4.98 Å². The summed E-state index contributed by atoms with van der Waals surface area (Å²) in [7, 11) is 0. The van der Waals surface area contributed by atoms with Crippen molar-refractivity contribution in [1.29, 1.82) is 5.26 Å². The predicted octanol–water partition coefficient (Wildman–Crippen LogP) is 5.52. The number of nitrogens with one attached hydrogen (secondary N) is 1. The van der Waals surface area contributed by atoms with Gasteiger partial charge >= 0.3 is 0 Å². The summed E-state index contributed by atoms with van der Waals surface area (Å²) in [6, 6.07) is 18.9. The lowest BCUT2D eigenvalue weighted by molar-refractivity contribution is 0.605. The van der Waals surface area contributed by atoms with Gasteiger partial charge in [0.1, 0.15) is 23.1 Å². The zero-order valence-electron chi connectivity index (χ0n) is 17.1. The minimum atomic E-state index is -0.142. The van der Waals surface area contributed by atoms with Crippen LogP contribution in [0.4, 0.5) is 5.69 Å². The molecule has 0 amide bonds. The van der Waals surface area contributed by atoms with Gasteiger partial charge in [0.05, 0.1) is 23.3 Å². The van der Waals surface area contributed by atoms with E-state index in [1.54, 1.807) is 19.2 Å². The van der Waals surface area contributed by atoms with Crippen molar-refractivity contribution in [3.05, 3.63) is 93.4 Å². The van der Waals surface area contributed by atoms with Gasteiger partial charge in [-0.3, -0.25) is 4.79 Å². The number of anilines is 1. The maximum atomic E-state index is 13.2. The Bertz CT molecular complexity index is 1320. The molecule has 2 aromatic heterocycles. The average molecular weight is 395 g/mol. The molecule has 148 valence electrons. The van der Waals surface area contributed by atoms with E-state index in [4.69, 9.17) is 9.68 Å². The zero-order chi connectivity index (χ0) is 21.3. The molecule has 30 heavy (non-hydrogen) atoms. The van der Waals surface area contributed by atoms with Crippen LogP contribution in [0.25, 0.3) is 22.3 Å². The zero-order valence-corrected chi connectivity index (χ0v) is 17.1. The van der Waals surface area contributed by atoms with E-state index in [1.807, 2.05) is 68.4 Å². The number of rotatable bonds is 4. The van der Waals surface area contributed by atoms with Gasteiger partial charge < -0.3 is 9.73 Å². The lowest BCUT2D eigenvalue weighted by atomic mass is 9.99. The molecule has 0 bridgehead atoms. The number of hydrogen-bond donors (Lipinski definition) is 1. The molecule has 1 N–H and O–H groups in total. The summed E-state index contributed by atoms with van der Waals surface area (Å²) in [6.07, 6.45) is 1.63. The third-order valence-corrected chi connectivity index (χ3v) is 5.16. The number of pyridine rings is 1. The fraction of sp³-hybridized carbons (Fsp3) is 0.160. The molecule has 5 nitrogen and oxygen atoms in total.